The Bertz CT molecular complexity index is 849. The molecule has 0 saturated carbocycles. The highest BCUT2D eigenvalue weighted by Gasteiger charge is 2.28. The first kappa shape index (κ1) is 16.5. The van der Waals surface area contributed by atoms with Crippen LogP contribution in [0, 0.1) is 0 Å². The summed E-state index contributed by atoms with van der Waals surface area (Å²) in [5.74, 6) is -0.0834. The first-order chi connectivity index (χ1) is 12.7. The Hall–Kier alpha value is -2.92. The lowest BCUT2D eigenvalue weighted by Gasteiger charge is -2.29. The molecule has 0 spiro atoms. The van der Waals surface area contributed by atoms with Gasteiger partial charge >= 0.3 is 0 Å². The van der Waals surface area contributed by atoms with Gasteiger partial charge in [-0.1, -0.05) is 30.3 Å². The van der Waals surface area contributed by atoms with Gasteiger partial charge in [-0.25, -0.2) is 0 Å². The SMILES string of the molecule is CC1=NN(c2ccccc2)C(=O)/C1=C\c1ccc(N2CCNCC2)cc1. The molecule has 26 heavy (non-hydrogen) atoms. The molecule has 0 atom stereocenters. The molecular formula is C21H22N4O. The van der Waals surface area contributed by atoms with E-state index >= 15 is 0 Å². The van der Waals surface area contributed by atoms with Gasteiger partial charge in [0.2, 0.25) is 0 Å². The van der Waals surface area contributed by atoms with Crippen molar-refractivity contribution in [1.82, 2.24) is 5.32 Å². The lowest BCUT2D eigenvalue weighted by molar-refractivity contribution is -0.114. The van der Waals surface area contributed by atoms with Crippen molar-refractivity contribution in [2.45, 2.75) is 6.92 Å². The topological polar surface area (TPSA) is 47.9 Å². The number of piperazine rings is 1. The number of amides is 1. The lowest BCUT2D eigenvalue weighted by Crippen LogP contribution is -2.43. The van der Waals surface area contributed by atoms with Gasteiger partial charge in [0, 0.05) is 31.9 Å². The van der Waals surface area contributed by atoms with Crippen molar-refractivity contribution in [2.75, 3.05) is 36.1 Å². The Morgan fingerprint density at radius 2 is 1.65 bits per heavy atom. The van der Waals surface area contributed by atoms with Crippen molar-refractivity contribution < 1.29 is 4.79 Å². The van der Waals surface area contributed by atoms with Crippen LogP contribution in [0.3, 0.4) is 0 Å². The number of nitrogens with one attached hydrogen (secondary N) is 1. The van der Waals surface area contributed by atoms with E-state index in [-0.39, 0.29) is 5.91 Å². The normalized spacial score (nSPS) is 19.2. The highest BCUT2D eigenvalue weighted by molar-refractivity contribution is 6.32. The minimum atomic E-state index is -0.0834. The van der Waals surface area contributed by atoms with Crippen molar-refractivity contribution in [3.8, 4) is 0 Å². The number of hydrogen-bond acceptors (Lipinski definition) is 4. The monoisotopic (exact) mass is 346 g/mol. The minimum Gasteiger partial charge on any atom is -0.369 e. The second kappa shape index (κ2) is 7.14. The van der Waals surface area contributed by atoms with Gasteiger partial charge in [0.05, 0.1) is 17.0 Å². The Balaban J connectivity index is 1.54. The number of benzene rings is 2. The van der Waals surface area contributed by atoms with Crippen LogP contribution in [0.1, 0.15) is 12.5 Å². The average molecular weight is 346 g/mol. The molecule has 1 N–H and O–H groups in total. The lowest BCUT2D eigenvalue weighted by atomic mass is 10.1. The van der Waals surface area contributed by atoms with Crippen LogP contribution in [0.15, 0.2) is 65.3 Å². The van der Waals surface area contributed by atoms with Crippen molar-refractivity contribution in [3.05, 3.63) is 65.7 Å². The molecule has 2 aromatic carbocycles. The quantitative estimate of drug-likeness (QED) is 0.870. The fraction of sp³-hybridized carbons (Fsp3) is 0.238. The largest absolute Gasteiger partial charge is 0.369 e. The molecule has 2 heterocycles. The zero-order valence-electron chi connectivity index (χ0n) is 14.9. The molecule has 132 valence electrons. The summed E-state index contributed by atoms with van der Waals surface area (Å²) in [7, 11) is 0. The molecule has 4 rings (SSSR count). The van der Waals surface area contributed by atoms with Gasteiger partial charge in [-0.05, 0) is 42.8 Å². The molecule has 0 unspecified atom stereocenters. The smallest absolute Gasteiger partial charge is 0.280 e. The predicted octanol–water partition coefficient (Wildman–Crippen LogP) is 2.90. The van der Waals surface area contributed by atoms with Crippen LogP contribution in [0.5, 0.6) is 0 Å². The zero-order chi connectivity index (χ0) is 17.9. The fourth-order valence-corrected chi connectivity index (χ4v) is 3.30. The van der Waals surface area contributed by atoms with E-state index in [2.05, 4.69) is 39.6 Å². The van der Waals surface area contributed by atoms with Gasteiger partial charge < -0.3 is 10.2 Å². The summed E-state index contributed by atoms with van der Waals surface area (Å²) >= 11 is 0. The molecule has 2 aliphatic rings. The Morgan fingerprint density at radius 3 is 2.35 bits per heavy atom. The third-order valence-electron chi connectivity index (χ3n) is 4.75. The predicted molar refractivity (Wildman–Crippen MR) is 107 cm³/mol. The molecule has 1 fully saturated rings. The van der Waals surface area contributed by atoms with Gasteiger partial charge in [-0.3, -0.25) is 4.79 Å². The van der Waals surface area contributed by atoms with Gasteiger partial charge in [-0.2, -0.15) is 10.1 Å². The van der Waals surface area contributed by atoms with Gasteiger partial charge in [0.15, 0.2) is 0 Å². The summed E-state index contributed by atoms with van der Waals surface area (Å²) in [5, 5.41) is 9.26. The number of nitrogens with zero attached hydrogens (tertiary/aromatic N) is 3. The number of rotatable bonds is 3. The first-order valence-corrected chi connectivity index (χ1v) is 8.95. The molecule has 0 bridgehead atoms. The van der Waals surface area contributed by atoms with Crippen LogP contribution in [-0.2, 0) is 4.79 Å². The number of para-hydroxylation sites is 1. The molecule has 1 saturated heterocycles. The maximum absolute atomic E-state index is 12.8. The number of anilines is 2. The Labute approximate surface area is 153 Å². The number of carbonyl (C=O) groups is 1. The van der Waals surface area contributed by atoms with E-state index in [1.54, 1.807) is 0 Å². The van der Waals surface area contributed by atoms with E-state index in [4.69, 9.17) is 0 Å². The molecule has 2 aromatic rings. The molecule has 0 aliphatic carbocycles. The highest BCUT2D eigenvalue weighted by Crippen LogP contribution is 2.25. The second-order valence-electron chi connectivity index (χ2n) is 6.52. The highest BCUT2D eigenvalue weighted by atomic mass is 16.2. The van der Waals surface area contributed by atoms with Crippen LogP contribution in [-0.4, -0.2) is 37.8 Å². The third kappa shape index (κ3) is 3.26. The summed E-state index contributed by atoms with van der Waals surface area (Å²) in [6, 6.07) is 17.9. The summed E-state index contributed by atoms with van der Waals surface area (Å²) in [6.07, 6.45) is 1.92. The Morgan fingerprint density at radius 1 is 0.962 bits per heavy atom. The van der Waals surface area contributed by atoms with Gasteiger partial charge in [0.25, 0.3) is 5.91 Å². The molecule has 5 nitrogen and oxygen atoms in total. The number of carbonyl (C=O) groups excluding carboxylic acids is 1. The maximum atomic E-state index is 12.8. The fourth-order valence-electron chi connectivity index (χ4n) is 3.30. The van der Waals surface area contributed by atoms with Gasteiger partial charge in [-0.15, -0.1) is 0 Å². The molecular weight excluding hydrogens is 324 g/mol. The molecule has 1 amide bonds. The average Bonchev–Trinajstić information content (AvgIpc) is 2.98. The van der Waals surface area contributed by atoms with Crippen molar-refractivity contribution in [2.24, 2.45) is 5.10 Å². The zero-order valence-corrected chi connectivity index (χ0v) is 14.9. The summed E-state index contributed by atoms with van der Waals surface area (Å²) in [4.78, 5) is 15.1. The standard InChI is InChI=1S/C21H22N4O/c1-16-20(21(26)25(23-16)19-5-3-2-4-6-19)15-17-7-9-18(10-8-17)24-13-11-22-12-14-24/h2-10,15,22H,11-14H2,1H3/b20-15-. The van der Waals surface area contributed by atoms with Crippen LogP contribution in [0.4, 0.5) is 11.4 Å². The van der Waals surface area contributed by atoms with E-state index in [0.717, 1.165) is 43.1 Å². The van der Waals surface area contributed by atoms with Crippen molar-refractivity contribution in [1.29, 1.82) is 0 Å². The van der Waals surface area contributed by atoms with Gasteiger partial charge in [0.1, 0.15) is 0 Å². The van der Waals surface area contributed by atoms with E-state index in [0.29, 0.717) is 5.57 Å². The minimum absolute atomic E-state index is 0.0834. The summed E-state index contributed by atoms with van der Waals surface area (Å²) < 4.78 is 0. The van der Waals surface area contributed by atoms with Crippen LogP contribution in [0.25, 0.3) is 6.08 Å². The second-order valence-corrected chi connectivity index (χ2v) is 6.52. The molecule has 2 aliphatic heterocycles. The maximum Gasteiger partial charge on any atom is 0.280 e. The van der Waals surface area contributed by atoms with E-state index in [1.807, 2.05) is 43.3 Å². The summed E-state index contributed by atoms with van der Waals surface area (Å²) in [5.41, 5.74) is 4.41. The first-order valence-electron chi connectivity index (χ1n) is 8.95. The Kier molecular flexibility index (Phi) is 4.54. The van der Waals surface area contributed by atoms with E-state index in [9.17, 15) is 4.79 Å². The van der Waals surface area contributed by atoms with Crippen molar-refractivity contribution in [3.63, 3.8) is 0 Å². The van der Waals surface area contributed by atoms with Crippen LogP contribution in [0.2, 0.25) is 0 Å². The third-order valence-corrected chi connectivity index (χ3v) is 4.75. The van der Waals surface area contributed by atoms with Crippen molar-refractivity contribution >= 4 is 29.1 Å². The van der Waals surface area contributed by atoms with Crippen LogP contribution < -0.4 is 15.2 Å². The number of hydrazone groups is 1. The molecule has 0 aromatic heterocycles. The summed E-state index contributed by atoms with van der Waals surface area (Å²) in [6.45, 7) is 5.96. The molecule has 5 heteroatoms. The van der Waals surface area contributed by atoms with Crippen LogP contribution >= 0.6 is 0 Å². The number of hydrogen-bond donors (Lipinski definition) is 1. The van der Waals surface area contributed by atoms with E-state index in [1.165, 1.54) is 10.7 Å². The van der Waals surface area contributed by atoms with E-state index < -0.39 is 0 Å². The molecule has 0 radical (unpaired) electrons.